The molecule has 0 saturated heterocycles. The summed E-state index contributed by atoms with van der Waals surface area (Å²) in [6.07, 6.45) is 10.1. The van der Waals surface area contributed by atoms with Crippen molar-refractivity contribution in [1.29, 1.82) is 0 Å². The van der Waals surface area contributed by atoms with Crippen molar-refractivity contribution >= 4 is 23.2 Å². The monoisotopic (exact) mass is 316 g/mol. The molecule has 0 radical (unpaired) electrons. The highest BCUT2D eigenvalue weighted by atomic mass is 35.5. The van der Waals surface area contributed by atoms with Gasteiger partial charge in [-0.1, -0.05) is 81.1 Å². The van der Waals surface area contributed by atoms with Crippen LogP contribution in [0.15, 0.2) is 18.2 Å². The molecule has 0 aliphatic heterocycles. The molecule has 0 fully saturated rings. The highest BCUT2D eigenvalue weighted by Gasteiger charge is 2.13. The third kappa shape index (κ3) is 6.45. The molecule has 1 aromatic rings. The maximum Gasteiger partial charge on any atom is 0.0474 e. The minimum absolute atomic E-state index is 0.107. The number of benzene rings is 1. The first-order valence-electron chi connectivity index (χ1n) is 7.60. The quantitative estimate of drug-likeness (QED) is 0.333. The summed E-state index contributed by atoms with van der Waals surface area (Å²) in [6.45, 7) is 2.24. The summed E-state index contributed by atoms with van der Waals surface area (Å²) in [7, 11) is 0. The van der Waals surface area contributed by atoms with Crippen LogP contribution in [0.25, 0.3) is 0 Å². The van der Waals surface area contributed by atoms with E-state index in [4.69, 9.17) is 29.0 Å². The molecule has 4 heteroatoms. The van der Waals surface area contributed by atoms with Gasteiger partial charge in [-0.25, -0.2) is 0 Å². The Morgan fingerprint density at radius 1 is 1.05 bits per heavy atom. The minimum Gasteiger partial charge on any atom is -0.271 e. The van der Waals surface area contributed by atoms with E-state index in [-0.39, 0.29) is 6.04 Å². The molecule has 0 heterocycles. The summed E-state index contributed by atoms with van der Waals surface area (Å²) in [6, 6.07) is 5.69. The molecule has 0 bridgehead atoms. The van der Waals surface area contributed by atoms with E-state index in [9.17, 15) is 0 Å². The molecule has 1 aromatic carbocycles. The topological polar surface area (TPSA) is 38.0 Å². The SMILES string of the molecule is CCCCCCCCCC(NN)c1ccc(Cl)cc1Cl. The van der Waals surface area contributed by atoms with Gasteiger partial charge in [-0.15, -0.1) is 0 Å². The van der Waals surface area contributed by atoms with E-state index < -0.39 is 0 Å². The molecular formula is C16H26Cl2N2. The van der Waals surface area contributed by atoms with Crippen LogP contribution in [0, 0.1) is 0 Å². The lowest BCUT2D eigenvalue weighted by molar-refractivity contribution is 0.476. The molecule has 0 spiro atoms. The van der Waals surface area contributed by atoms with Gasteiger partial charge in [0.1, 0.15) is 0 Å². The first-order valence-corrected chi connectivity index (χ1v) is 8.35. The number of nitrogens with two attached hydrogens (primary N) is 1. The van der Waals surface area contributed by atoms with Crippen LogP contribution in [0.1, 0.15) is 69.9 Å². The average Bonchev–Trinajstić information content (AvgIpc) is 2.43. The van der Waals surface area contributed by atoms with Crippen LogP contribution in [-0.2, 0) is 0 Å². The summed E-state index contributed by atoms with van der Waals surface area (Å²) in [5.41, 5.74) is 3.89. The normalized spacial score (nSPS) is 12.6. The first kappa shape index (κ1) is 17.8. The Balaban J connectivity index is 2.32. The fourth-order valence-corrected chi connectivity index (χ4v) is 2.96. The van der Waals surface area contributed by atoms with E-state index in [1.807, 2.05) is 12.1 Å². The molecule has 1 unspecified atom stereocenters. The Morgan fingerprint density at radius 2 is 1.70 bits per heavy atom. The Kier molecular flexibility index (Phi) is 9.28. The van der Waals surface area contributed by atoms with Gasteiger partial charge in [0.15, 0.2) is 0 Å². The van der Waals surface area contributed by atoms with Crippen LogP contribution in [0.5, 0.6) is 0 Å². The van der Waals surface area contributed by atoms with Crippen molar-refractivity contribution in [2.45, 2.75) is 64.3 Å². The van der Waals surface area contributed by atoms with Crippen molar-refractivity contribution in [2.24, 2.45) is 5.84 Å². The van der Waals surface area contributed by atoms with E-state index in [1.54, 1.807) is 6.07 Å². The number of rotatable bonds is 10. The number of hydrazine groups is 1. The van der Waals surface area contributed by atoms with E-state index in [0.717, 1.165) is 12.0 Å². The largest absolute Gasteiger partial charge is 0.271 e. The Labute approximate surface area is 133 Å². The zero-order chi connectivity index (χ0) is 14.8. The maximum absolute atomic E-state index is 6.22. The molecule has 2 nitrogen and oxygen atoms in total. The lowest BCUT2D eigenvalue weighted by atomic mass is 10.00. The van der Waals surface area contributed by atoms with Gasteiger partial charge >= 0.3 is 0 Å². The fraction of sp³-hybridized carbons (Fsp3) is 0.625. The Bertz CT molecular complexity index is 383. The predicted molar refractivity (Wildman–Crippen MR) is 89.1 cm³/mol. The molecule has 3 N–H and O–H groups in total. The predicted octanol–water partition coefficient (Wildman–Crippen LogP) is 5.64. The summed E-state index contributed by atoms with van der Waals surface area (Å²) in [5, 5.41) is 1.34. The molecular weight excluding hydrogens is 291 g/mol. The minimum atomic E-state index is 0.107. The molecule has 1 atom stereocenters. The van der Waals surface area contributed by atoms with Crippen LogP contribution >= 0.6 is 23.2 Å². The second-order valence-electron chi connectivity index (χ2n) is 5.30. The second-order valence-corrected chi connectivity index (χ2v) is 6.14. The van der Waals surface area contributed by atoms with Gasteiger partial charge in [0.25, 0.3) is 0 Å². The molecule has 0 amide bonds. The third-order valence-corrected chi connectivity index (χ3v) is 4.20. The van der Waals surface area contributed by atoms with Crippen LogP contribution in [0.2, 0.25) is 10.0 Å². The van der Waals surface area contributed by atoms with Crippen molar-refractivity contribution < 1.29 is 0 Å². The summed E-state index contributed by atoms with van der Waals surface area (Å²) in [5.74, 6) is 5.65. The zero-order valence-corrected chi connectivity index (χ0v) is 13.8. The van der Waals surface area contributed by atoms with Gasteiger partial charge in [-0.3, -0.25) is 11.3 Å². The van der Waals surface area contributed by atoms with E-state index in [1.165, 1.54) is 44.9 Å². The van der Waals surface area contributed by atoms with Crippen LogP contribution in [0.3, 0.4) is 0 Å². The van der Waals surface area contributed by atoms with Gasteiger partial charge in [-0.05, 0) is 24.1 Å². The third-order valence-electron chi connectivity index (χ3n) is 3.64. The second kappa shape index (κ2) is 10.4. The molecule has 1 rings (SSSR count). The van der Waals surface area contributed by atoms with Gasteiger partial charge < -0.3 is 0 Å². The van der Waals surface area contributed by atoms with Crippen LogP contribution in [0.4, 0.5) is 0 Å². The standard InChI is InChI=1S/C16H26Cl2N2/c1-2-3-4-5-6-7-8-9-16(20-19)14-11-10-13(17)12-15(14)18/h10-12,16,20H,2-9,19H2,1H3. The van der Waals surface area contributed by atoms with E-state index >= 15 is 0 Å². The van der Waals surface area contributed by atoms with Crippen molar-refractivity contribution in [3.8, 4) is 0 Å². The van der Waals surface area contributed by atoms with Crippen molar-refractivity contribution in [3.05, 3.63) is 33.8 Å². The number of nitrogens with one attached hydrogen (secondary N) is 1. The van der Waals surface area contributed by atoms with Gasteiger partial charge in [-0.2, -0.15) is 0 Å². The zero-order valence-electron chi connectivity index (χ0n) is 12.3. The number of halogens is 2. The molecule has 20 heavy (non-hydrogen) atoms. The van der Waals surface area contributed by atoms with Crippen molar-refractivity contribution in [3.63, 3.8) is 0 Å². The molecule has 0 aliphatic carbocycles. The van der Waals surface area contributed by atoms with Crippen molar-refractivity contribution in [1.82, 2.24) is 5.43 Å². The first-order chi connectivity index (χ1) is 9.69. The van der Waals surface area contributed by atoms with Crippen LogP contribution < -0.4 is 11.3 Å². The molecule has 114 valence electrons. The van der Waals surface area contributed by atoms with Gasteiger partial charge in [0.2, 0.25) is 0 Å². The van der Waals surface area contributed by atoms with Gasteiger partial charge in [0, 0.05) is 16.1 Å². The molecule has 0 aromatic heterocycles. The van der Waals surface area contributed by atoms with E-state index in [2.05, 4.69) is 12.3 Å². The van der Waals surface area contributed by atoms with Crippen molar-refractivity contribution in [2.75, 3.05) is 0 Å². The molecule has 0 saturated carbocycles. The van der Waals surface area contributed by atoms with Gasteiger partial charge in [0.05, 0.1) is 0 Å². The highest BCUT2D eigenvalue weighted by Crippen LogP contribution is 2.29. The van der Waals surface area contributed by atoms with Crippen LogP contribution in [-0.4, -0.2) is 0 Å². The maximum atomic E-state index is 6.22. The molecule has 0 aliphatic rings. The fourth-order valence-electron chi connectivity index (χ4n) is 2.42. The number of unbranched alkanes of at least 4 members (excludes halogenated alkanes) is 6. The summed E-state index contributed by atoms with van der Waals surface area (Å²) < 4.78 is 0. The lowest BCUT2D eigenvalue weighted by Gasteiger charge is -2.17. The van der Waals surface area contributed by atoms with E-state index in [0.29, 0.717) is 10.0 Å². The number of hydrogen-bond acceptors (Lipinski definition) is 2. The smallest absolute Gasteiger partial charge is 0.0474 e. The number of hydrogen-bond donors (Lipinski definition) is 2. The Hall–Kier alpha value is -0.280. The average molecular weight is 317 g/mol. The summed E-state index contributed by atoms with van der Waals surface area (Å²) >= 11 is 12.1. The lowest BCUT2D eigenvalue weighted by Crippen LogP contribution is -2.28. The highest BCUT2D eigenvalue weighted by molar-refractivity contribution is 6.35. The summed E-state index contributed by atoms with van der Waals surface area (Å²) in [4.78, 5) is 0. The Morgan fingerprint density at radius 3 is 2.30 bits per heavy atom.